The lowest BCUT2D eigenvalue weighted by atomic mass is 10.1. The number of ether oxygens (including phenoxy) is 1. The molecule has 0 aliphatic carbocycles. The third-order valence-electron chi connectivity index (χ3n) is 2.04. The first-order valence-corrected chi connectivity index (χ1v) is 4.92. The fourth-order valence-electron chi connectivity index (χ4n) is 1.49. The van der Waals surface area contributed by atoms with Gasteiger partial charge in [0.2, 0.25) is 0 Å². The van der Waals surface area contributed by atoms with Crippen molar-refractivity contribution >= 4 is 6.01 Å². The number of benzene rings is 1. The molecule has 5 heteroatoms. The molecule has 2 rings (SSSR count). The van der Waals surface area contributed by atoms with Crippen LogP contribution in [0, 0.1) is 13.8 Å². The molecule has 84 valence electrons. The van der Waals surface area contributed by atoms with Crippen LogP contribution in [0.4, 0.5) is 6.01 Å². The molecule has 0 saturated carbocycles. The van der Waals surface area contributed by atoms with E-state index >= 15 is 0 Å². The first kappa shape index (κ1) is 10.5. The van der Waals surface area contributed by atoms with Gasteiger partial charge in [0.05, 0.1) is 0 Å². The summed E-state index contributed by atoms with van der Waals surface area (Å²) in [6.07, 6.45) is 0. The first-order chi connectivity index (χ1) is 7.63. The molecule has 0 bridgehead atoms. The van der Waals surface area contributed by atoms with Crippen molar-refractivity contribution in [1.29, 1.82) is 0 Å². The van der Waals surface area contributed by atoms with Crippen molar-refractivity contribution in [2.45, 2.75) is 20.5 Å². The second-order valence-corrected chi connectivity index (χ2v) is 3.65. The molecule has 0 unspecified atom stereocenters. The van der Waals surface area contributed by atoms with Gasteiger partial charge in [-0.3, -0.25) is 0 Å². The highest BCUT2D eigenvalue weighted by Crippen LogP contribution is 2.17. The number of aromatic nitrogens is 2. The van der Waals surface area contributed by atoms with Gasteiger partial charge in [-0.25, -0.2) is 0 Å². The van der Waals surface area contributed by atoms with Gasteiger partial charge in [0.25, 0.3) is 5.89 Å². The van der Waals surface area contributed by atoms with Gasteiger partial charge in [-0.15, -0.1) is 5.10 Å². The van der Waals surface area contributed by atoms with Crippen molar-refractivity contribution < 1.29 is 9.15 Å². The molecule has 2 N–H and O–H groups in total. The highest BCUT2D eigenvalue weighted by Gasteiger charge is 2.04. The molecule has 2 aromatic rings. The minimum atomic E-state index is 0.0547. The predicted octanol–water partition coefficient (Wildman–Crippen LogP) is 1.85. The Morgan fingerprint density at radius 3 is 2.44 bits per heavy atom. The third kappa shape index (κ3) is 2.50. The summed E-state index contributed by atoms with van der Waals surface area (Å²) >= 11 is 0. The Morgan fingerprint density at radius 1 is 1.19 bits per heavy atom. The maximum atomic E-state index is 5.52. The summed E-state index contributed by atoms with van der Waals surface area (Å²) < 4.78 is 10.5. The van der Waals surface area contributed by atoms with Crippen LogP contribution in [0.15, 0.2) is 22.6 Å². The number of anilines is 1. The number of rotatable bonds is 3. The average Bonchev–Trinajstić information content (AvgIpc) is 2.60. The average molecular weight is 219 g/mol. The van der Waals surface area contributed by atoms with Crippen LogP contribution in [0.3, 0.4) is 0 Å². The van der Waals surface area contributed by atoms with E-state index in [2.05, 4.69) is 16.3 Å². The van der Waals surface area contributed by atoms with Gasteiger partial charge in [0.1, 0.15) is 5.75 Å². The fourth-order valence-corrected chi connectivity index (χ4v) is 1.49. The van der Waals surface area contributed by atoms with Crippen molar-refractivity contribution in [3.05, 3.63) is 35.2 Å². The second kappa shape index (κ2) is 4.22. The molecule has 0 fully saturated rings. The lowest BCUT2D eigenvalue weighted by molar-refractivity contribution is 0.264. The van der Waals surface area contributed by atoms with Gasteiger partial charge in [-0.1, -0.05) is 11.2 Å². The van der Waals surface area contributed by atoms with E-state index < -0.39 is 0 Å². The standard InChI is InChI=1S/C11H13N3O2/c1-7-3-8(2)5-9(4-7)15-6-10-13-14-11(12)16-10/h3-5H,6H2,1-2H3,(H2,12,14). The SMILES string of the molecule is Cc1cc(C)cc(OCc2nnc(N)o2)c1. The number of nitrogen functional groups attached to an aromatic ring is 1. The smallest absolute Gasteiger partial charge is 0.312 e. The van der Waals surface area contributed by atoms with Gasteiger partial charge in [0.15, 0.2) is 6.61 Å². The molecule has 16 heavy (non-hydrogen) atoms. The topological polar surface area (TPSA) is 74.2 Å². The molecule has 1 aromatic carbocycles. The van der Waals surface area contributed by atoms with Crippen LogP contribution in [0.2, 0.25) is 0 Å². The summed E-state index contributed by atoms with van der Waals surface area (Å²) in [7, 11) is 0. The van der Waals surface area contributed by atoms with E-state index in [1.54, 1.807) is 0 Å². The number of hydrogen-bond acceptors (Lipinski definition) is 5. The normalized spacial score (nSPS) is 10.4. The zero-order chi connectivity index (χ0) is 11.5. The van der Waals surface area contributed by atoms with E-state index in [0.717, 1.165) is 16.9 Å². The molecule has 0 aliphatic heterocycles. The van der Waals surface area contributed by atoms with Crippen LogP contribution in [-0.2, 0) is 6.61 Å². The van der Waals surface area contributed by atoms with Crippen molar-refractivity contribution in [3.8, 4) is 5.75 Å². The predicted molar refractivity (Wildman–Crippen MR) is 59.0 cm³/mol. The summed E-state index contributed by atoms with van der Waals surface area (Å²) in [5.41, 5.74) is 7.61. The Morgan fingerprint density at radius 2 is 1.88 bits per heavy atom. The molecule has 5 nitrogen and oxygen atoms in total. The summed E-state index contributed by atoms with van der Waals surface area (Å²) in [5, 5.41) is 7.25. The van der Waals surface area contributed by atoms with Crippen LogP contribution in [0.5, 0.6) is 5.75 Å². The van der Waals surface area contributed by atoms with Crippen LogP contribution in [0.1, 0.15) is 17.0 Å². The van der Waals surface area contributed by atoms with Crippen molar-refractivity contribution in [2.24, 2.45) is 0 Å². The quantitative estimate of drug-likeness (QED) is 0.852. The van der Waals surface area contributed by atoms with E-state index in [4.69, 9.17) is 14.9 Å². The van der Waals surface area contributed by atoms with E-state index in [1.165, 1.54) is 0 Å². The lowest BCUT2D eigenvalue weighted by Gasteiger charge is -2.05. The van der Waals surface area contributed by atoms with Crippen LogP contribution >= 0.6 is 0 Å². The molecule has 0 radical (unpaired) electrons. The number of nitrogens with zero attached hydrogens (tertiary/aromatic N) is 2. The minimum absolute atomic E-state index is 0.0547. The van der Waals surface area contributed by atoms with Crippen molar-refractivity contribution in [3.63, 3.8) is 0 Å². The maximum Gasteiger partial charge on any atom is 0.312 e. The van der Waals surface area contributed by atoms with E-state index in [-0.39, 0.29) is 12.6 Å². The third-order valence-corrected chi connectivity index (χ3v) is 2.04. The monoisotopic (exact) mass is 219 g/mol. The minimum Gasteiger partial charge on any atom is -0.484 e. The molecule has 1 heterocycles. The van der Waals surface area contributed by atoms with Crippen molar-refractivity contribution in [1.82, 2.24) is 10.2 Å². The zero-order valence-corrected chi connectivity index (χ0v) is 9.23. The van der Waals surface area contributed by atoms with Gasteiger partial charge >= 0.3 is 6.01 Å². The first-order valence-electron chi connectivity index (χ1n) is 4.92. The Bertz CT molecular complexity index is 473. The number of aryl methyl sites for hydroxylation is 2. The molecular formula is C11H13N3O2. The second-order valence-electron chi connectivity index (χ2n) is 3.65. The van der Waals surface area contributed by atoms with Gasteiger partial charge in [0, 0.05) is 0 Å². The largest absolute Gasteiger partial charge is 0.484 e. The van der Waals surface area contributed by atoms with Crippen LogP contribution in [0.25, 0.3) is 0 Å². The summed E-state index contributed by atoms with van der Waals surface area (Å²) in [6.45, 7) is 4.27. The van der Waals surface area contributed by atoms with Crippen LogP contribution < -0.4 is 10.5 Å². The lowest BCUT2D eigenvalue weighted by Crippen LogP contribution is -1.96. The highest BCUT2D eigenvalue weighted by molar-refractivity contribution is 5.32. The molecule has 0 saturated heterocycles. The fraction of sp³-hybridized carbons (Fsp3) is 0.273. The number of hydrogen-bond donors (Lipinski definition) is 1. The van der Waals surface area contributed by atoms with E-state index in [0.29, 0.717) is 5.89 Å². The van der Waals surface area contributed by atoms with Gasteiger partial charge < -0.3 is 14.9 Å². The Labute approximate surface area is 93.2 Å². The molecule has 0 atom stereocenters. The molecule has 0 amide bonds. The molecular weight excluding hydrogens is 206 g/mol. The maximum absolute atomic E-state index is 5.52. The van der Waals surface area contributed by atoms with E-state index in [1.807, 2.05) is 26.0 Å². The molecule has 1 aromatic heterocycles. The van der Waals surface area contributed by atoms with E-state index in [9.17, 15) is 0 Å². The number of nitrogens with two attached hydrogens (primary N) is 1. The highest BCUT2D eigenvalue weighted by atomic mass is 16.5. The summed E-state index contributed by atoms with van der Waals surface area (Å²) in [5.74, 6) is 1.16. The Kier molecular flexibility index (Phi) is 2.76. The Balaban J connectivity index is 2.04. The summed E-state index contributed by atoms with van der Waals surface area (Å²) in [6, 6.07) is 6.04. The summed E-state index contributed by atoms with van der Waals surface area (Å²) in [4.78, 5) is 0. The van der Waals surface area contributed by atoms with Gasteiger partial charge in [-0.2, -0.15) is 0 Å². The van der Waals surface area contributed by atoms with Gasteiger partial charge in [-0.05, 0) is 37.1 Å². The van der Waals surface area contributed by atoms with Crippen LogP contribution in [-0.4, -0.2) is 10.2 Å². The van der Waals surface area contributed by atoms with Crippen molar-refractivity contribution in [2.75, 3.05) is 5.73 Å². The Hall–Kier alpha value is -2.04. The molecule has 0 aliphatic rings. The molecule has 0 spiro atoms. The zero-order valence-electron chi connectivity index (χ0n) is 9.23.